The van der Waals surface area contributed by atoms with Crippen LogP contribution in [-0.4, -0.2) is 58.5 Å². The average molecular weight is 410 g/mol. The number of aromatic amines is 1. The van der Waals surface area contributed by atoms with Gasteiger partial charge in [-0.3, -0.25) is 14.6 Å². The van der Waals surface area contributed by atoms with Crippen LogP contribution in [0.3, 0.4) is 0 Å². The van der Waals surface area contributed by atoms with Crippen molar-refractivity contribution in [3.8, 4) is 17.1 Å². The fourth-order valence-corrected chi connectivity index (χ4v) is 3.77. The molecule has 0 spiro atoms. The fourth-order valence-electron chi connectivity index (χ4n) is 3.77. The van der Waals surface area contributed by atoms with E-state index in [4.69, 9.17) is 10.5 Å². The van der Waals surface area contributed by atoms with Gasteiger partial charge in [-0.2, -0.15) is 0 Å². The molecule has 4 rings (SSSR count). The van der Waals surface area contributed by atoms with Crippen molar-refractivity contribution in [2.75, 3.05) is 32.1 Å². The van der Waals surface area contributed by atoms with Crippen molar-refractivity contribution in [1.82, 2.24) is 19.9 Å². The number of hydrogen-bond acceptors (Lipinski definition) is 7. The van der Waals surface area contributed by atoms with Crippen molar-refractivity contribution in [1.29, 1.82) is 0 Å². The summed E-state index contributed by atoms with van der Waals surface area (Å²) in [5.41, 5.74) is 7.09. The zero-order chi connectivity index (χ0) is 21.1. The van der Waals surface area contributed by atoms with Crippen LogP contribution in [0.15, 0.2) is 41.6 Å². The minimum atomic E-state index is -0.182. The Balaban J connectivity index is 1.49. The number of amides is 1. The number of methoxy groups -OCH3 is 1. The first kappa shape index (κ1) is 20.1. The minimum Gasteiger partial charge on any atom is -0.480 e. The van der Waals surface area contributed by atoms with Gasteiger partial charge >= 0.3 is 0 Å². The molecule has 1 amide bonds. The molecule has 9 heteroatoms. The number of H-pyrrole nitrogens is 1. The van der Waals surface area contributed by atoms with Crippen LogP contribution in [0.25, 0.3) is 11.3 Å². The summed E-state index contributed by atoms with van der Waals surface area (Å²) in [6, 6.07) is 1.95. The Bertz CT molecular complexity index is 994. The highest BCUT2D eigenvalue weighted by Crippen LogP contribution is 2.40. The molecule has 2 aliphatic rings. The second-order valence-corrected chi connectivity index (χ2v) is 7.73. The standard InChI is InChI=1S/C21H26N6O3/c1-30-18-10-23-9-17(25-18)14-7-16(21(29)24-8-14)26-20(13-4-5-13)15-11-27(12-15)19(28)3-2-6-22/h2-3,7-10,13,15,20,26H,4-6,11-12,22H2,1H3,(H,24,29)/b3-2+. The first-order valence-electron chi connectivity index (χ1n) is 10.1. The Morgan fingerprint density at radius 2 is 2.20 bits per heavy atom. The highest BCUT2D eigenvalue weighted by atomic mass is 16.5. The van der Waals surface area contributed by atoms with E-state index in [0.29, 0.717) is 48.7 Å². The van der Waals surface area contributed by atoms with Crippen molar-refractivity contribution in [3.05, 3.63) is 47.2 Å². The van der Waals surface area contributed by atoms with Gasteiger partial charge in [-0.05, 0) is 24.8 Å². The van der Waals surface area contributed by atoms with Gasteiger partial charge in [-0.25, -0.2) is 4.98 Å². The summed E-state index contributed by atoms with van der Waals surface area (Å²) in [5.74, 6) is 1.23. The topological polar surface area (TPSA) is 126 Å². The lowest BCUT2D eigenvalue weighted by molar-refractivity contribution is -0.132. The number of carbonyl (C=O) groups is 1. The number of ether oxygens (including phenoxy) is 1. The van der Waals surface area contributed by atoms with Gasteiger partial charge in [0, 0.05) is 49.4 Å². The molecule has 1 atom stereocenters. The van der Waals surface area contributed by atoms with E-state index >= 15 is 0 Å². The highest BCUT2D eigenvalue weighted by Gasteiger charge is 2.43. The lowest BCUT2D eigenvalue weighted by Crippen LogP contribution is -2.56. The Labute approximate surface area is 174 Å². The minimum absolute atomic E-state index is 0.0114. The van der Waals surface area contributed by atoms with Crippen LogP contribution in [-0.2, 0) is 4.79 Å². The van der Waals surface area contributed by atoms with Gasteiger partial charge < -0.3 is 25.7 Å². The molecule has 0 radical (unpaired) electrons. The lowest BCUT2D eigenvalue weighted by Gasteiger charge is -2.43. The average Bonchev–Trinajstić information content (AvgIpc) is 3.57. The maximum Gasteiger partial charge on any atom is 0.271 e. The smallest absolute Gasteiger partial charge is 0.271 e. The highest BCUT2D eigenvalue weighted by molar-refractivity contribution is 5.88. The number of anilines is 1. The van der Waals surface area contributed by atoms with Crippen LogP contribution >= 0.6 is 0 Å². The van der Waals surface area contributed by atoms with E-state index in [0.717, 1.165) is 18.4 Å². The third kappa shape index (κ3) is 4.35. The zero-order valence-electron chi connectivity index (χ0n) is 16.9. The van der Waals surface area contributed by atoms with Crippen molar-refractivity contribution in [2.45, 2.75) is 18.9 Å². The Morgan fingerprint density at radius 3 is 2.90 bits per heavy atom. The predicted octanol–water partition coefficient (Wildman–Crippen LogP) is 1.00. The summed E-state index contributed by atoms with van der Waals surface area (Å²) in [5, 5.41) is 3.45. The molecule has 158 valence electrons. The molecule has 30 heavy (non-hydrogen) atoms. The summed E-state index contributed by atoms with van der Waals surface area (Å²) in [4.78, 5) is 37.6. The van der Waals surface area contributed by atoms with Crippen LogP contribution in [0.4, 0.5) is 5.69 Å². The maximum atomic E-state index is 12.5. The molecular formula is C21H26N6O3. The first-order chi connectivity index (χ1) is 14.6. The van der Waals surface area contributed by atoms with E-state index in [9.17, 15) is 9.59 Å². The van der Waals surface area contributed by atoms with Gasteiger partial charge in [-0.15, -0.1) is 0 Å². The molecule has 9 nitrogen and oxygen atoms in total. The van der Waals surface area contributed by atoms with E-state index in [-0.39, 0.29) is 17.5 Å². The van der Waals surface area contributed by atoms with Crippen LogP contribution in [0.2, 0.25) is 0 Å². The number of carbonyl (C=O) groups excluding carboxylic acids is 1. The first-order valence-corrected chi connectivity index (χ1v) is 10.1. The SMILES string of the molecule is COc1cncc(-c2c[nH]c(=O)c(NC(C3CC3)C3CN(C(=O)/C=C/CN)C3)c2)n1. The van der Waals surface area contributed by atoms with Gasteiger partial charge in [0.1, 0.15) is 5.69 Å². The zero-order valence-corrected chi connectivity index (χ0v) is 16.9. The second kappa shape index (κ2) is 8.66. The van der Waals surface area contributed by atoms with Crippen molar-refractivity contribution >= 4 is 11.6 Å². The Hall–Kier alpha value is -3.20. The summed E-state index contributed by atoms with van der Waals surface area (Å²) in [6.45, 7) is 1.72. The quantitative estimate of drug-likeness (QED) is 0.554. The monoisotopic (exact) mass is 410 g/mol. The molecule has 4 N–H and O–H groups in total. The number of rotatable bonds is 8. The Kier molecular flexibility index (Phi) is 5.80. The molecule has 1 aliphatic heterocycles. The molecule has 1 unspecified atom stereocenters. The number of likely N-dealkylation sites (tertiary alicyclic amines) is 1. The van der Waals surface area contributed by atoms with Crippen molar-refractivity contribution < 1.29 is 9.53 Å². The van der Waals surface area contributed by atoms with E-state index in [1.165, 1.54) is 19.4 Å². The molecule has 2 fully saturated rings. The number of nitrogens with two attached hydrogens (primary N) is 1. The lowest BCUT2D eigenvalue weighted by atomic mass is 9.88. The molecule has 3 heterocycles. The Morgan fingerprint density at radius 1 is 1.40 bits per heavy atom. The normalized spacial score (nSPS) is 17.6. The molecule has 1 saturated heterocycles. The predicted molar refractivity (Wildman–Crippen MR) is 113 cm³/mol. The second-order valence-electron chi connectivity index (χ2n) is 7.73. The van der Waals surface area contributed by atoms with Crippen LogP contribution < -0.4 is 21.3 Å². The molecule has 0 aromatic carbocycles. The number of aromatic nitrogens is 3. The summed E-state index contributed by atoms with van der Waals surface area (Å²) >= 11 is 0. The van der Waals surface area contributed by atoms with Crippen LogP contribution in [0.5, 0.6) is 5.88 Å². The molecular weight excluding hydrogens is 384 g/mol. The van der Waals surface area contributed by atoms with E-state index in [1.54, 1.807) is 29.4 Å². The summed E-state index contributed by atoms with van der Waals surface area (Å²) in [7, 11) is 1.53. The van der Waals surface area contributed by atoms with Crippen LogP contribution in [0, 0.1) is 11.8 Å². The number of hydrogen-bond donors (Lipinski definition) is 3. The number of nitrogens with zero attached hydrogens (tertiary/aromatic N) is 3. The van der Waals surface area contributed by atoms with Gasteiger partial charge in [0.15, 0.2) is 0 Å². The molecule has 0 bridgehead atoms. The number of pyridine rings is 1. The van der Waals surface area contributed by atoms with Gasteiger partial charge in [-0.1, -0.05) is 6.08 Å². The summed E-state index contributed by atoms with van der Waals surface area (Å²) in [6.07, 6.45) is 10.2. The third-order valence-electron chi connectivity index (χ3n) is 5.60. The van der Waals surface area contributed by atoms with E-state index < -0.39 is 0 Å². The van der Waals surface area contributed by atoms with E-state index in [2.05, 4.69) is 20.3 Å². The molecule has 1 saturated carbocycles. The molecule has 2 aromatic rings. The third-order valence-corrected chi connectivity index (χ3v) is 5.60. The van der Waals surface area contributed by atoms with Gasteiger partial charge in [0.05, 0.1) is 25.2 Å². The molecule has 2 aromatic heterocycles. The van der Waals surface area contributed by atoms with Gasteiger partial charge in [0.25, 0.3) is 5.56 Å². The largest absolute Gasteiger partial charge is 0.480 e. The summed E-state index contributed by atoms with van der Waals surface area (Å²) < 4.78 is 5.14. The fraction of sp³-hybridized carbons (Fsp3) is 0.429. The number of nitrogens with one attached hydrogen (secondary N) is 2. The molecule has 1 aliphatic carbocycles. The van der Waals surface area contributed by atoms with Crippen molar-refractivity contribution in [3.63, 3.8) is 0 Å². The van der Waals surface area contributed by atoms with Gasteiger partial charge in [0.2, 0.25) is 11.8 Å². The maximum absolute atomic E-state index is 12.5. The van der Waals surface area contributed by atoms with Crippen molar-refractivity contribution in [2.24, 2.45) is 17.6 Å². The van der Waals surface area contributed by atoms with E-state index in [1.807, 2.05) is 0 Å². The van der Waals surface area contributed by atoms with Crippen LogP contribution in [0.1, 0.15) is 12.8 Å².